The average molecular weight is 360 g/mol. The molecule has 3 rings (SSSR count). The number of carbonyl (C=O) groups excluding carboxylic acids is 1. The molecule has 0 atom stereocenters. The van der Waals surface area contributed by atoms with Crippen molar-refractivity contribution in [3.63, 3.8) is 0 Å². The van der Waals surface area contributed by atoms with E-state index in [1.807, 2.05) is 6.92 Å². The smallest absolute Gasteiger partial charge is 0.280 e. The number of hydrogen-bond donors (Lipinski definition) is 1. The van der Waals surface area contributed by atoms with E-state index in [0.717, 1.165) is 0 Å². The molecule has 5 nitrogen and oxygen atoms in total. The molecule has 7 heteroatoms. The van der Waals surface area contributed by atoms with Crippen molar-refractivity contribution < 1.29 is 13.9 Å². The van der Waals surface area contributed by atoms with Crippen molar-refractivity contribution in [2.24, 2.45) is 0 Å². The lowest BCUT2D eigenvalue weighted by Crippen LogP contribution is -2.14. The Morgan fingerprint density at radius 3 is 2.64 bits per heavy atom. The lowest BCUT2D eigenvalue weighted by molar-refractivity contribution is 0.101. The average Bonchev–Trinajstić information content (AvgIpc) is 3.02. The number of amides is 1. The Morgan fingerprint density at radius 2 is 1.96 bits per heavy atom. The highest BCUT2D eigenvalue weighted by Crippen LogP contribution is 2.24. The number of aromatic nitrogens is 2. The predicted molar refractivity (Wildman–Crippen MR) is 94.1 cm³/mol. The zero-order valence-corrected chi connectivity index (χ0v) is 14.1. The van der Waals surface area contributed by atoms with Crippen LogP contribution in [0, 0.1) is 5.82 Å². The van der Waals surface area contributed by atoms with Crippen LogP contribution in [0.2, 0.25) is 5.02 Å². The SMILES string of the molecule is CCOc1cn(-c2ccc(F)cc2)nc1C(=O)Nc1ccccc1Cl. The topological polar surface area (TPSA) is 56.2 Å². The summed E-state index contributed by atoms with van der Waals surface area (Å²) in [5, 5.41) is 7.40. The molecule has 0 unspecified atom stereocenters. The summed E-state index contributed by atoms with van der Waals surface area (Å²) in [5.41, 5.74) is 1.21. The lowest BCUT2D eigenvalue weighted by atomic mass is 10.3. The Balaban J connectivity index is 1.92. The Labute approximate surface area is 149 Å². The molecule has 1 N–H and O–H groups in total. The van der Waals surface area contributed by atoms with Crippen LogP contribution < -0.4 is 10.1 Å². The molecule has 0 aliphatic rings. The number of nitrogens with one attached hydrogen (secondary N) is 1. The van der Waals surface area contributed by atoms with Gasteiger partial charge in [0.05, 0.1) is 29.2 Å². The maximum absolute atomic E-state index is 13.1. The van der Waals surface area contributed by atoms with Crippen molar-refractivity contribution in [2.45, 2.75) is 6.92 Å². The molecular weight excluding hydrogens is 345 g/mol. The molecule has 0 bridgehead atoms. The van der Waals surface area contributed by atoms with Crippen molar-refractivity contribution in [3.05, 3.63) is 71.3 Å². The number of benzene rings is 2. The van der Waals surface area contributed by atoms with Crippen LogP contribution in [0.4, 0.5) is 10.1 Å². The third kappa shape index (κ3) is 3.80. The minimum absolute atomic E-state index is 0.117. The van der Waals surface area contributed by atoms with Gasteiger partial charge < -0.3 is 10.1 Å². The molecule has 0 saturated carbocycles. The van der Waals surface area contributed by atoms with Gasteiger partial charge in [-0.25, -0.2) is 9.07 Å². The van der Waals surface area contributed by atoms with Crippen LogP contribution in [0.25, 0.3) is 5.69 Å². The molecule has 3 aromatic rings. The number of halogens is 2. The molecule has 0 radical (unpaired) electrons. The Hall–Kier alpha value is -2.86. The van der Waals surface area contributed by atoms with Gasteiger partial charge in [0.25, 0.3) is 5.91 Å². The molecule has 1 amide bonds. The Kier molecular flexibility index (Phi) is 5.00. The molecule has 128 valence electrons. The van der Waals surface area contributed by atoms with E-state index in [2.05, 4.69) is 10.4 Å². The molecule has 0 aliphatic heterocycles. The molecule has 0 saturated heterocycles. The van der Waals surface area contributed by atoms with Crippen LogP contribution in [-0.2, 0) is 0 Å². The van der Waals surface area contributed by atoms with Crippen LogP contribution in [0.15, 0.2) is 54.7 Å². The highest BCUT2D eigenvalue weighted by atomic mass is 35.5. The fourth-order valence-electron chi connectivity index (χ4n) is 2.25. The fraction of sp³-hybridized carbons (Fsp3) is 0.111. The second kappa shape index (κ2) is 7.36. The van der Waals surface area contributed by atoms with E-state index in [4.69, 9.17) is 16.3 Å². The highest BCUT2D eigenvalue weighted by molar-refractivity contribution is 6.33. The summed E-state index contributed by atoms with van der Waals surface area (Å²) in [5.74, 6) is -0.466. The van der Waals surface area contributed by atoms with Crippen molar-refractivity contribution in [1.29, 1.82) is 0 Å². The lowest BCUT2D eigenvalue weighted by Gasteiger charge is -2.06. The van der Waals surface area contributed by atoms with E-state index in [1.54, 1.807) is 42.6 Å². The van der Waals surface area contributed by atoms with Crippen molar-refractivity contribution in [3.8, 4) is 11.4 Å². The molecule has 0 spiro atoms. The normalized spacial score (nSPS) is 10.5. The van der Waals surface area contributed by atoms with Crippen molar-refractivity contribution >= 4 is 23.2 Å². The maximum Gasteiger partial charge on any atom is 0.280 e. The summed E-state index contributed by atoms with van der Waals surface area (Å²) in [6, 6.07) is 12.7. The zero-order chi connectivity index (χ0) is 17.8. The zero-order valence-electron chi connectivity index (χ0n) is 13.4. The van der Waals surface area contributed by atoms with Gasteiger partial charge in [-0.2, -0.15) is 5.10 Å². The van der Waals surface area contributed by atoms with E-state index in [1.165, 1.54) is 16.8 Å². The van der Waals surface area contributed by atoms with Gasteiger partial charge in [0.15, 0.2) is 11.4 Å². The largest absolute Gasteiger partial charge is 0.490 e. The molecular formula is C18H15ClFN3O2. The summed E-state index contributed by atoms with van der Waals surface area (Å²) in [6.07, 6.45) is 1.58. The minimum Gasteiger partial charge on any atom is -0.490 e. The standard InChI is InChI=1S/C18H15ClFN3O2/c1-2-25-16-11-23(13-9-7-12(20)8-10-13)22-17(16)18(24)21-15-6-4-3-5-14(15)19/h3-11H,2H2,1H3,(H,21,24). The fourth-order valence-corrected chi connectivity index (χ4v) is 2.43. The van der Waals surface area contributed by atoms with Crippen LogP contribution in [0.5, 0.6) is 5.75 Å². The van der Waals surface area contributed by atoms with E-state index >= 15 is 0 Å². The van der Waals surface area contributed by atoms with Gasteiger partial charge in [0, 0.05) is 0 Å². The Bertz CT molecular complexity index is 894. The second-order valence-electron chi connectivity index (χ2n) is 5.13. The number of carbonyl (C=O) groups is 1. The van der Waals surface area contributed by atoms with Crippen LogP contribution in [-0.4, -0.2) is 22.3 Å². The molecule has 25 heavy (non-hydrogen) atoms. The van der Waals surface area contributed by atoms with E-state index < -0.39 is 5.91 Å². The van der Waals surface area contributed by atoms with Crippen molar-refractivity contribution in [2.75, 3.05) is 11.9 Å². The van der Waals surface area contributed by atoms with Gasteiger partial charge in [-0.15, -0.1) is 0 Å². The third-order valence-corrected chi connectivity index (χ3v) is 3.74. The van der Waals surface area contributed by atoms with Gasteiger partial charge in [-0.05, 0) is 43.3 Å². The van der Waals surface area contributed by atoms with Gasteiger partial charge in [0.2, 0.25) is 0 Å². The van der Waals surface area contributed by atoms with Crippen molar-refractivity contribution in [1.82, 2.24) is 9.78 Å². The van der Waals surface area contributed by atoms with Crippen LogP contribution in [0.1, 0.15) is 17.4 Å². The van der Waals surface area contributed by atoms with Gasteiger partial charge in [-0.1, -0.05) is 23.7 Å². The first kappa shape index (κ1) is 17.0. The van der Waals surface area contributed by atoms with E-state index in [-0.39, 0.29) is 11.5 Å². The first-order chi connectivity index (χ1) is 12.1. The molecule has 1 heterocycles. The molecule has 1 aromatic heterocycles. The summed E-state index contributed by atoms with van der Waals surface area (Å²) < 4.78 is 20.0. The van der Waals surface area contributed by atoms with Gasteiger partial charge in [0.1, 0.15) is 5.82 Å². The number of para-hydroxylation sites is 1. The quantitative estimate of drug-likeness (QED) is 0.738. The van der Waals surface area contributed by atoms with Gasteiger partial charge >= 0.3 is 0 Å². The summed E-state index contributed by atoms with van der Waals surface area (Å²) in [6.45, 7) is 2.19. The van der Waals surface area contributed by atoms with Crippen LogP contribution >= 0.6 is 11.6 Å². The summed E-state index contributed by atoms with van der Waals surface area (Å²) in [4.78, 5) is 12.6. The molecule has 0 aliphatic carbocycles. The maximum atomic E-state index is 13.1. The number of nitrogens with zero attached hydrogens (tertiary/aromatic N) is 2. The first-order valence-corrected chi connectivity index (χ1v) is 8.00. The van der Waals surface area contributed by atoms with E-state index in [0.29, 0.717) is 28.8 Å². The first-order valence-electron chi connectivity index (χ1n) is 7.62. The molecule has 2 aromatic carbocycles. The third-order valence-electron chi connectivity index (χ3n) is 3.41. The number of hydrogen-bond acceptors (Lipinski definition) is 3. The second-order valence-corrected chi connectivity index (χ2v) is 5.54. The minimum atomic E-state index is -0.447. The Morgan fingerprint density at radius 1 is 1.24 bits per heavy atom. The van der Waals surface area contributed by atoms with E-state index in [9.17, 15) is 9.18 Å². The number of anilines is 1. The van der Waals surface area contributed by atoms with Gasteiger partial charge in [-0.3, -0.25) is 4.79 Å². The van der Waals surface area contributed by atoms with Crippen LogP contribution in [0.3, 0.4) is 0 Å². The summed E-state index contributed by atoms with van der Waals surface area (Å²) in [7, 11) is 0. The monoisotopic (exact) mass is 359 g/mol. The summed E-state index contributed by atoms with van der Waals surface area (Å²) >= 11 is 6.07. The predicted octanol–water partition coefficient (Wildman–Crippen LogP) is 4.32. The molecule has 0 fully saturated rings. The highest BCUT2D eigenvalue weighted by Gasteiger charge is 2.19. The number of ether oxygens (including phenoxy) is 1. The number of rotatable bonds is 5.